The van der Waals surface area contributed by atoms with Gasteiger partial charge in [-0.1, -0.05) is 6.07 Å². The summed E-state index contributed by atoms with van der Waals surface area (Å²) in [4.78, 5) is 2.30. The van der Waals surface area contributed by atoms with E-state index in [0.717, 1.165) is 25.4 Å². The molecule has 100 valence electrons. The quantitative estimate of drug-likeness (QED) is 0.868. The van der Waals surface area contributed by atoms with E-state index in [1.54, 1.807) is 0 Å². The van der Waals surface area contributed by atoms with Crippen molar-refractivity contribution in [2.75, 3.05) is 26.2 Å². The molecule has 1 heterocycles. The van der Waals surface area contributed by atoms with Gasteiger partial charge in [0.15, 0.2) is 0 Å². The van der Waals surface area contributed by atoms with Gasteiger partial charge in [-0.15, -0.1) is 0 Å². The summed E-state index contributed by atoms with van der Waals surface area (Å²) in [7, 11) is 0. The van der Waals surface area contributed by atoms with Crippen LogP contribution in [0.3, 0.4) is 0 Å². The minimum atomic E-state index is -0.398. The maximum atomic E-state index is 9.93. The van der Waals surface area contributed by atoms with Crippen molar-refractivity contribution in [3.63, 3.8) is 0 Å². The van der Waals surface area contributed by atoms with Crippen molar-refractivity contribution in [1.29, 1.82) is 0 Å². The maximum absolute atomic E-state index is 9.93. The van der Waals surface area contributed by atoms with Crippen LogP contribution in [0.4, 0.5) is 0 Å². The van der Waals surface area contributed by atoms with Crippen LogP contribution in [-0.4, -0.2) is 42.4 Å². The molecule has 0 aliphatic carbocycles. The average molecular weight is 249 g/mol. The maximum Gasteiger partial charge on any atom is 0.119 e. The van der Waals surface area contributed by atoms with Crippen molar-refractivity contribution >= 4 is 0 Å². The smallest absolute Gasteiger partial charge is 0.119 e. The second kappa shape index (κ2) is 6.21. The molecule has 0 aromatic heterocycles. The summed E-state index contributed by atoms with van der Waals surface area (Å²) in [5.41, 5.74) is 2.49. The number of β-amino-alcohol motifs (C(OH)–C–C–N with tert-alkyl or cyclic N) is 1. The molecule has 0 amide bonds. The first kappa shape index (κ1) is 13.4. The molecule has 1 N–H and O–H groups in total. The van der Waals surface area contributed by atoms with Crippen LogP contribution in [0, 0.1) is 13.8 Å². The van der Waals surface area contributed by atoms with Gasteiger partial charge in [0.1, 0.15) is 18.5 Å². The van der Waals surface area contributed by atoms with E-state index in [-0.39, 0.29) is 0 Å². The Morgan fingerprint density at radius 2 is 1.94 bits per heavy atom. The minimum Gasteiger partial charge on any atom is -0.491 e. The van der Waals surface area contributed by atoms with Gasteiger partial charge in [0.25, 0.3) is 0 Å². The monoisotopic (exact) mass is 249 g/mol. The van der Waals surface area contributed by atoms with Crippen molar-refractivity contribution in [2.24, 2.45) is 0 Å². The highest BCUT2D eigenvalue weighted by atomic mass is 16.5. The molecule has 18 heavy (non-hydrogen) atoms. The molecule has 0 saturated carbocycles. The zero-order valence-corrected chi connectivity index (χ0v) is 11.4. The molecule has 1 atom stereocenters. The minimum absolute atomic E-state index is 0.374. The number of likely N-dealkylation sites (tertiary alicyclic amines) is 1. The van der Waals surface area contributed by atoms with Crippen LogP contribution in [0.25, 0.3) is 0 Å². The van der Waals surface area contributed by atoms with Crippen LogP contribution in [-0.2, 0) is 0 Å². The van der Waals surface area contributed by atoms with Crippen molar-refractivity contribution in [2.45, 2.75) is 32.8 Å². The number of aliphatic hydroxyl groups excluding tert-OH is 1. The second-order valence-corrected chi connectivity index (χ2v) is 5.22. The fourth-order valence-corrected chi connectivity index (χ4v) is 2.31. The van der Waals surface area contributed by atoms with Gasteiger partial charge in [0.2, 0.25) is 0 Å². The number of hydrogen-bond donors (Lipinski definition) is 1. The third kappa shape index (κ3) is 3.72. The Hall–Kier alpha value is -1.06. The van der Waals surface area contributed by atoms with Crippen LogP contribution >= 0.6 is 0 Å². The first-order chi connectivity index (χ1) is 8.65. The Morgan fingerprint density at radius 1 is 1.22 bits per heavy atom. The lowest BCUT2D eigenvalue weighted by atomic mass is 10.1. The summed E-state index contributed by atoms with van der Waals surface area (Å²) in [6.07, 6.45) is 2.11. The number of benzene rings is 1. The highest BCUT2D eigenvalue weighted by Gasteiger charge is 2.16. The first-order valence-corrected chi connectivity index (χ1v) is 6.75. The number of hydrogen-bond acceptors (Lipinski definition) is 3. The van der Waals surface area contributed by atoms with Crippen LogP contribution in [0.5, 0.6) is 5.75 Å². The first-order valence-electron chi connectivity index (χ1n) is 6.75. The molecular weight excluding hydrogens is 226 g/mol. The highest BCUT2D eigenvalue weighted by molar-refractivity contribution is 5.33. The molecule has 1 aromatic rings. The molecule has 0 bridgehead atoms. The van der Waals surface area contributed by atoms with Gasteiger partial charge in [-0.2, -0.15) is 0 Å². The lowest BCUT2D eigenvalue weighted by molar-refractivity contribution is 0.0758. The fourth-order valence-electron chi connectivity index (χ4n) is 2.31. The Balaban J connectivity index is 1.77. The van der Waals surface area contributed by atoms with Gasteiger partial charge in [0.05, 0.1) is 0 Å². The van der Waals surface area contributed by atoms with Crippen molar-refractivity contribution in [3.05, 3.63) is 29.3 Å². The van der Waals surface area contributed by atoms with Crippen LogP contribution in [0.15, 0.2) is 18.2 Å². The molecule has 1 saturated heterocycles. The molecule has 3 heteroatoms. The van der Waals surface area contributed by atoms with Gasteiger partial charge >= 0.3 is 0 Å². The zero-order valence-electron chi connectivity index (χ0n) is 11.4. The number of ether oxygens (including phenoxy) is 1. The van der Waals surface area contributed by atoms with E-state index in [9.17, 15) is 5.11 Å². The van der Waals surface area contributed by atoms with Crippen molar-refractivity contribution in [1.82, 2.24) is 4.90 Å². The third-order valence-corrected chi connectivity index (χ3v) is 3.59. The van der Waals surface area contributed by atoms with Crippen molar-refractivity contribution in [3.8, 4) is 5.75 Å². The molecule has 1 aliphatic heterocycles. The normalized spacial score (nSPS) is 17.9. The standard InChI is InChI=1S/C15H23NO2/c1-12-5-6-15(9-13(12)2)18-11-14(17)10-16-7-3-4-8-16/h5-6,9,14,17H,3-4,7-8,10-11H2,1-2H3/t14-/m1/s1. The van der Waals surface area contributed by atoms with E-state index >= 15 is 0 Å². The van der Waals surface area contributed by atoms with E-state index in [4.69, 9.17) is 4.74 Å². The van der Waals surface area contributed by atoms with Crippen LogP contribution in [0.2, 0.25) is 0 Å². The molecule has 1 fully saturated rings. The molecule has 1 aliphatic rings. The average Bonchev–Trinajstić information content (AvgIpc) is 2.83. The van der Waals surface area contributed by atoms with E-state index < -0.39 is 6.10 Å². The van der Waals surface area contributed by atoms with Gasteiger partial charge in [0, 0.05) is 6.54 Å². The Morgan fingerprint density at radius 3 is 2.61 bits per heavy atom. The second-order valence-electron chi connectivity index (χ2n) is 5.22. The van der Waals surface area contributed by atoms with Crippen LogP contribution < -0.4 is 4.74 Å². The fraction of sp³-hybridized carbons (Fsp3) is 0.600. The topological polar surface area (TPSA) is 32.7 Å². The summed E-state index contributed by atoms with van der Waals surface area (Å²) in [6, 6.07) is 6.04. The Kier molecular flexibility index (Phi) is 4.61. The van der Waals surface area contributed by atoms with Crippen molar-refractivity contribution < 1.29 is 9.84 Å². The molecule has 3 nitrogen and oxygen atoms in total. The van der Waals surface area contributed by atoms with Gasteiger partial charge in [-0.25, -0.2) is 0 Å². The molecular formula is C15H23NO2. The number of aryl methyl sites for hydroxylation is 2. The Bertz CT molecular complexity index is 386. The summed E-state index contributed by atoms with van der Waals surface area (Å²) in [5.74, 6) is 0.846. The summed E-state index contributed by atoms with van der Waals surface area (Å²) >= 11 is 0. The molecule has 1 aromatic carbocycles. The SMILES string of the molecule is Cc1ccc(OC[C@H](O)CN2CCCC2)cc1C. The lowest BCUT2D eigenvalue weighted by Crippen LogP contribution is -2.33. The molecule has 0 unspecified atom stereocenters. The third-order valence-electron chi connectivity index (χ3n) is 3.59. The summed E-state index contributed by atoms with van der Waals surface area (Å²) < 4.78 is 5.64. The van der Waals surface area contributed by atoms with E-state index in [1.807, 2.05) is 12.1 Å². The molecule has 2 rings (SSSR count). The predicted molar refractivity (Wildman–Crippen MR) is 73.1 cm³/mol. The number of rotatable bonds is 5. The molecule has 0 spiro atoms. The van der Waals surface area contributed by atoms with Crippen LogP contribution in [0.1, 0.15) is 24.0 Å². The zero-order chi connectivity index (χ0) is 13.0. The summed E-state index contributed by atoms with van der Waals surface area (Å²) in [6.45, 7) is 7.48. The largest absolute Gasteiger partial charge is 0.491 e. The predicted octanol–water partition coefficient (Wildman–Crippen LogP) is 2.14. The van der Waals surface area contributed by atoms with Gasteiger partial charge in [-0.05, 0) is 63.0 Å². The van der Waals surface area contributed by atoms with Gasteiger partial charge < -0.3 is 14.7 Å². The van der Waals surface area contributed by atoms with E-state index in [0.29, 0.717) is 6.61 Å². The molecule has 0 radical (unpaired) electrons. The number of aliphatic hydroxyl groups is 1. The van der Waals surface area contributed by atoms with E-state index in [1.165, 1.54) is 24.0 Å². The Labute approximate surface area is 109 Å². The lowest BCUT2D eigenvalue weighted by Gasteiger charge is -2.19. The highest BCUT2D eigenvalue weighted by Crippen LogP contribution is 2.16. The van der Waals surface area contributed by atoms with Gasteiger partial charge in [-0.3, -0.25) is 0 Å². The summed E-state index contributed by atoms with van der Waals surface area (Å²) in [5, 5.41) is 9.93. The van der Waals surface area contributed by atoms with E-state index in [2.05, 4.69) is 24.8 Å². The number of nitrogens with zero attached hydrogens (tertiary/aromatic N) is 1.